The summed E-state index contributed by atoms with van der Waals surface area (Å²) in [5, 5.41) is 10.7. The number of nitrogens with two attached hydrogens (primary N) is 1. The predicted molar refractivity (Wildman–Crippen MR) is 153 cm³/mol. The molecule has 2 saturated carbocycles. The highest BCUT2D eigenvalue weighted by Crippen LogP contribution is 2.35. The summed E-state index contributed by atoms with van der Waals surface area (Å²) in [5.41, 5.74) is 8.98. The zero-order chi connectivity index (χ0) is 27.4. The summed E-state index contributed by atoms with van der Waals surface area (Å²) in [6.07, 6.45) is 10.9. The number of aromatic nitrogens is 2. The van der Waals surface area contributed by atoms with Crippen LogP contribution in [0, 0.1) is 11.8 Å². The van der Waals surface area contributed by atoms with E-state index in [1.54, 1.807) is 11.7 Å². The second kappa shape index (κ2) is 12.0. The first-order valence-electron chi connectivity index (χ1n) is 14.5. The second-order valence-corrected chi connectivity index (χ2v) is 12.8. The highest BCUT2D eigenvalue weighted by atomic mass is 16.2. The normalized spacial score (nSPS) is 25.0. The van der Waals surface area contributed by atoms with E-state index in [2.05, 4.69) is 36.5 Å². The lowest BCUT2D eigenvalue weighted by Gasteiger charge is -2.34. The molecule has 1 heterocycles. The van der Waals surface area contributed by atoms with Crippen LogP contribution in [0.25, 0.3) is 0 Å². The van der Waals surface area contributed by atoms with E-state index in [1.807, 2.05) is 37.3 Å². The lowest BCUT2D eigenvalue weighted by atomic mass is 9.76. The monoisotopic (exact) mass is 521 g/mol. The molecule has 1 aromatic heterocycles. The summed E-state index contributed by atoms with van der Waals surface area (Å²) in [6.45, 7) is 8.18. The number of nitrogens with zero attached hydrogens (tertiary/aromatic N) is 2. The molecule has 7 heteroatoms. The van der Waals surface area contributed by atoms with Gasteiger partial charge in [0.25, 0.3) is 5.91 Å². The van der Waals surface area contributed by atoms with E-state index in [0.717, 1.165) is 35.9 Å². The molecule has 0 radical (unpaired) electrons. The van der Waals surface area contributed by atoms with Gasteiger partial charge in [0.05, 0.1) is 11.6 Å². The molecule has 38 heavy (non-hydrogen) atoms. The lowest BCUT2D eigenvalue weighted by molar-refractivity contribution is -0.123. The van der Waals surface area contributed by atoms with Crippen molar-refractivity contribution >= 4 is 17.5 Å². The Hall–Kier alpha value is -2.67. The minimum absolute atomic E-state index is 0.0797. The zero-order valence-electron chi connectivity index (χ0n) is 23.9. The summed E-state index contributed by atoms with van der Waals surface area (Å²) < 4.78 is 1.62. The van der Waals surface area contributed by atoms with E-state index >= 15 is 0 Å². The van der Waals surface area contributed by atoms with Crippen LogP contribution in [0.5, 0.6) is 0 Å². The van der Waals surface area contributed by atoms with E-state index in [-0.39, 0.29) is 29.2 Å². The minimum Gasteiger partial charge on any atom is -0.353 e. The predicted octanol–water partition coefficient (Wildman–Crippen LogP) is 5.66. The van der Waals surface area contributed by atoms with Gasteiger partial charge in [0, 0.05) is 30.2 Å². The van der Waals surface area contributed by atoms with Crippen LogP contribution in [0.15, 0.2) is 30.3 Å². The van der Waals surface area contributed by atoms with Gasteiger partial charge >= 0.3 is 0 Å². The molecule has 2 aliphatic carbocycles. The van der Waals surface area contributed by atoms with Crippen LogP contribution >= 0.6 is 0 Å². The molecule has 7 nitrogen and oxygen atoms in total. The number of rotatable bonds is 7. The molecular formula is C31H47N5O2. The van der Waals surface area contributed by atoms with Gasteiger partial charge in [-0.3, -0.25) is 14.3 Å². The standard InChI is InChI=1S/C31H47N5O2/c1-20(29(37)33-25-14-8-22(9-15-25)18-21-6-12-24(32)13-7-21)23-10-16-26(17-11-23)34-30(38)27-19-28(31(2,3)4)35-36(27)5/h10-11,16-17,19-22,24-25H,6-9,12-15,18,32H2,1-5H3,(H,33,37)(H,34,38). The molecule has 0 aliphatic heterocycles. The Kier molecular flexibility index (Phi) is 8.96. The molecule has 0 bridgehead atoms. The van der Waals surface area contributed by atoms with Crippen molar-refractivity contribution < 1.29 is 9.59 Å². The maximum atomic E-state index is 13.0. The van der Waals surface area contributed by atoms with E-state index < -0.39 is 0 Å². The average molecular weight is 522 g/mol. The summed E-state index contributed by atoms with van der Waals surface area (Å²) >= 11 is 0. The number of aryl methyl sites for hydroxylation is 1. The van der Waals surface area contributed by atoms with Gasteiger partial charge in [-0.15, -0.1) is 0 Å². The fourth-order valence-corrected chi connectivity index (χ4v) is 6.01. The molecule has 208 valence electrons. The highest BCUT2D eigenvalue weighted by Gasteiger charge is 2.28. The van der Waals surface area contributed by atoms with Gasteiger partial charge in [0.15, 0.2) is 0 Å². The highest BCUT2D eigenvalue weighted by molar-refractivity contribution is 6.03. The first-order valence-corrected chi connectivity index (χ1v) is 14.5. The lowest BCUT2D eigenvalue weighted by Crippen LogP contribution is -2.40. The number of amides is 2. The van der Waals surface area contributed by atoms with E-state index in [9.17, 15) is 9.59 Å². The van der Waals surface area contributed by atoms with Gasteiger partial charge in [0.1, 0.15) is 5.69 Å². The van der Waals surface area contributed by atoms with Crippen molar-refractivity contribution in [1.29, 1.82) is 0 Å². The van der Waals surface area contributed by atoms with Crippen LogP contribution in [0.3, 0.4) is 0 Å². The smallest absolute Gasteiger partial charge is 0.273 e. The average Bonchev–Trinajstić information content (AvgIpc) is 3.29. The van der Waals surface area contributed by atoms with Gasteiger partial charge in [-0.1, -0.05) is 32.9 Å². The van der Waals surface area contributed by atoms with Crippen LogP contribution in [-0.4, -0.2) is 33.7 Å². The van der Waals surface area contributed by atoms with Crippen LogP contribution in [0.1, 0.15) is 113 Å². The van der Waals surface area contributed by atoms with Crippen LogP contribution in [0.2, 0.25) is 0 Å². The number of hydrogen-bond donors (Lipinski definition) is 3. The van der Waals surface area contributed by atoms with E-state index in [1.165, 1.54) is 44.9 Å². The first-order chi connectivity index (χ1) is 18.0. The Labute approximate surface area is 228 Å². The number of anilines is 1. The first kappa shape index (κ1) is 28.3. The van der Waals surface area contributed by atoms with Crippen molar-refractivity contribution in [1.82, 2.24) is 15.1 Å². The van der Waals surface area contributed by atoms with Gasteiger partial charge in [-0.05, 0) is 100 Å². The molecule has 2 aliphatic rings. The molecule has 0 saturated heterocycles. The largest absolute Gasteiger partial charge is 0.353 e. The summed E-state index contributed by atoms with van der Waals surface area (Å²) in [4.78, 5) is 25.8. The second-order valence-electron chi connectivity index (χ2n) is 12.8. The van der Waals surface area contributed by atoms with Crippen molar-refractivity contribution in [2.24, 2.45) is 24.6 Å². The van der Waals surface area contributed by atoms with Crippen LogP contribution in [-0.2, 0) is 17.3 Å². The molecule has 2 fully saturated rings. The Balaban J connectivity index is 1.24. The SMILES string of the molecule is CC(C(=O)NC1CCC(CC2CCC(N)CC2)CC1)c1ccc(NC(=O)c2cc(C(C)(C)C)nn2C)cc1. The zero-order valence-corrected chi connectivity index (χ0v) is 23.9. The third-order valence-corrected chi connectivity index (χ3v) is 8.69. The summed E-state index contributed by atoms with van der Waals surface area (Å²) in [5.74, 6) is 1.29. The van der Waals surface area contributed by atoms with Crippen molar-refractivity contribution in [2.45, 2.75) is 109 Å². The Morgan fingerprint density at radius 3 is 2.13 bits per heavy atom. The van der Waals surface area contributed by atoms with Crippen molar-refractivity contribution in [3.8, 4) is 0 Å². The number of hydrogen-bond acceptors (Lipinski definition) is 4. The number of carbonyl (C=O) groups is 2. The van der Waals surface area contributed by atoms with Crippen LogP contribution in [0.4, 0.5) is 5.69 Å². The number of carbonyl (C=O) groups excluding carboxylic acids is 2. The molecule has 4 N–H and O–H groups in total. The Morgan fingerprint density at radius 1 is 1.00 bits per heavy atom. The quantitative estimate of drug-likeness (QED) is 0.438. The summed E-state index contributed by atoms with van der Waals surface area (Å²) in [7, 11) is 1.78. The molecule has 2 aromatic rings. The van der Waals surface area contributed by atoms with Gasteiger partial charge in [-0.2, -0.15) is 5.10 Å². The number of benzene rings is 1. The van der Waals surface area contributed by atoms with Gasteiger partial charge in [0.2, 0.25) is 5.91 Å². The molecular weight excluding hydrogens is 474 g/mol. The molecule has 4 rings (SSSR count). The van der Waals surface area contributed by atoms with Crippen molar-refractivity contribution in [3.05, 3.63) is 47.3 Å². The molecule has 0 spiro atoms. The Morgan fingerprint density at radius 2 is 1.58 bits per heavy atom. The van der Waals surface area contributed by atoms with Gasteiger partial charge < -0.3 is 16.4 Å². The minimum atomic E-state index is -0.240. The van der Waals surface area contributed by atoms with Crippen molar-refractivity contribution in [2.75, 3.05) is 5.32 Å². The maximum Gasteiger partial charge on any atom is 0.273 e. The molecule has 1 atom stereocenters. The number of nitrogens with one attached hydrogen (secondary N) is 2. The van der Waals surface area contributed by atoms with E-state index in [4.69, 9.17) is 5.73 Å². The summed E-state index contributed by atoms with van der Waals surface area (Å²) in [6, 6.07) is 10.1. The van der Waals surface area contributed by atoms with E-state index in [0.29, 0.717) is 17.4 Å². The fraction of sp³-hybridized carbons (Fsp3) is 0.645. The maximum absolute atomic E-state index is 13.0. The van der Waals surface area contributed by atoms with Crippen molar-refractivity contribution in [3.63, 3.8) is 0 Å². The molecule has 1 aromatic carbocycles. The Bertz CT molecular complexity index is 1080. The molecule has 2 amide bonds. The third-order valence-electron chi connectivity index (χ3n) is 8.69. The van der Waals surface area contributed by atoms with Crippen LogP contribution < -0.4 is 16.4 Å². The fourth-order valence-electron chi connectivity index (χ4n) is 6.01. The molecule has 1 unspecified atom stereocenters. The third kappa shape index (κ3) is 7.25. The van der Waals surface area contributed by atoms with Gasteiger partial charge in [-0.25, -0.2) is 0 Å². The topological polar surface area (TPSA) is 102 Å².